The first-order chi connectivity index (χ1) is 6.50. The van der Waals surface area contributed by atoms with Gasteiger partial charge in [-0.1, -0.05) is 11.6 Å². The Morgan fingerprint density at radius 1 is 1.43 bits per heavy atom. The van der Waals surface area contributed by atoms with E-state index in [-0.39, 0.29) is 4.90 Å². The lowest BCUT2D eigenvalue weighted by Gasteiger charge is -2.20. The highest BCUT2D eigenvalue weighted by Gasteiger charge is 2.23. The lowest BCUT2D eigenvalue weighted by molar-refractivity contribution is 0.597. The number of hydrogen-bond donors (Lipinski definition) is 0. The van der Waals surface area contributed by atoms with Gasteiger partial charge in [0.05, 0.1) is 5.69 Å². The highest BCUT2D eigenvalue weighted by atomic mass is 35.5. The quantitative estimate of drug-likeness (QED) is 0.679. The van der Waals surface area contributed by atoms with Crippen molar-refractivity contribution in [3.63, 3.8) is 0 Å². The van der Waals surface area contributed by atoms with Gasteiger partial charge in [-0.25, -0.2) is 0 Å². The summed E-state index contributed by atoms with van der Waals surface area (Å²) in [6, 6.07) is 4.70. The molecule has 4 nitrogen and oxygen atoms in total. The van der Waals surface area contributed by atoms with Gasteiger partial charge in [0.25, 0.3) is 10.0 Å². The minimum absolute atomic E-state index is 0.148. The second-order valence-corrected chi connectivity index (χ2v) is 4.96. The number of rotatable bonds is 0. The smallest absolute Gasteiger partial charge is 0.285 e. The van der Waals surface area contributed by atoms with Crippen molar-refractivity contribution in [3.05, 3.63) is 23.2 Å². The molecule has 1 aromatic carbocycles. The van der Waals surface area contributed by atoms with E-state index in [1.165, 1.54) is 12.4 Å². The van der Waals surface area contributed by atoms with Crippen molar-refractivity contribution in [1.82, 2.24) is 0 Å². The van der Waals surface area contributed by atoms with Crippen LogP contribution >= 0.6 is 11.6 Å². The van der Waals surface area contributed by atoms with Crippen molar-refractivity contribution in [3.8, 4) is 0 Å². The van der Waals surface area contributed by atoms with Gasteiger partial charge >= 0.3 is 0 Å². The van der Waals surface area contributed by atoms with Crippen LogP contribution in [0.3, 0.4) is 0 Å². The Kier molecular flexibility index (Phi) is 2.01. The first kappa shape index (κ1) is 9.48. The summed E-state index contributed by atoms with van der Waals surface area (Å²) >= 11 is 5.72. The molecular weight excluding hydrogens is 224 g/mol. The standard InChI is InChI=1S/C8H7ClN2O2S/c1-11-5-10-14(12,13)8-4-6(9)2-3-7(8)11/h2-5H,1H3. The minimum atomic E-state index is -3.55. The average molecular weight is 231 g/mol. The topological polar surface area (TPSA) is 49.7 Å². The Morgan fingerprint density at radius 3 is 2.86 bits per heavy atom. The number of nitrogens with zero attached hydrogens (tertiary/aromatic N) is 2. The van der Waals surface area contributed by atoms with Crippen LogP contribution in [-0.2, 0) is 10.0 Å². The maximum Gasteiger partial charge on any atom is 0.285 e. The Bertz CT molecular complexity index is 510. The number of halogens is 1. The third kappa shape index (κ3) is 1.38. The molecule has 0 atom stereocenters. The van der Waals surface area contributed by atoms with Gasteiger partial charge in [0.2, 0.25) is 0 Å². The normalized spacial score (nSPS) is 18.0. The Balaban J connectivity index is 2.76. The predicted octanol–water partition coefficient (Wildman–Crippen LogP) is 1.51. The van der Waals surface area contributed by atoms with Crippen LogP contribution < -0.4 is 4.90 Å². The third-order valence-corrected chi connectivity index (χ3v) is 3.43. The molecule has 1 heterocycles. The number of benzene rings is 1. The zero-order chi connectivity index (χ0) is 10.3. The van der Waals surface area contributed by atoms with E-state index in [0.29, 0.717) is 10.7 Å². The molecule has 0 N–H and O–H groups in total. The van der Waals surface area contributed by atoms with Crippen LogP contribution in [0.1, 0.15) is 0 Å². The van der Waals surface area contributed by atoms with Gasteiger partial charge in [-0.05, 0) is 18.2 Å². The van der Waals surface area contributed by atoms with E-state index in [4.69, 9.17) is 11.6 Å². The fourth-order valence-electron chi connectivity index (χ4n) is 1.24. The summed E-state index contributed by atoms with van der Waals surface area (Å²) in [5.74, 6) is 0. The molecular formula is C8H7ClN2O2S. The van der Waals surface area contributed by atoms with Crippen molar-refractivity contribution in [1.29, 1.82) is 0 Å². The van der Waals surface area contributed by atoms with Crippen LogP contribution in [-0.4, -0.2) is 21.8 Å². The first-order valence-electron chi connectivity index (χ1n) is 3.83. The van der Waals surface area contributed by atoms with Gasteiger partial charge in [-0.3, -0.25) is 0 Å². The molecule has 0 bridgehead atoms. The van der Waals surface area contributed by atoms with Crippen LogP contribution in [0.25, 0.3) is 0 Å². The summed E-state index contributed by atoms with van der Waals surface area (Å²) < 4.78 is 26.4. The highest BCUT2D eigenvalue weighted by molar-refractivity contribution is 7.90. The van der Waals surface area contributed by atoms with Gasteiger partial charge in [-0.2, -0.15) is 8.42 Å². The summed E-state index contributed by atoms with van der Waals surface area (Å²) in [6.07, 6.45) is 1.27. The number of anilines is 1. The summed E-state index contributed by atoms with van der Waals surface area (Å²) in [5.41, 5.74) is 0.587. The van der Waals surface area contributed by atoms with Gasteiger partial charge in [0.15, 0.2) is 0 Å². The molecule has 0 saturated carbocycles. The molecule has 1 aromatic rings. The molecule has 0 aliphatic carbocycles. The van der Waals surface area contributed by atoms with Crippen LogP contribution in [0.4, 0.5) is 5.69 Å². The van der Waals surface area contributed by atoms with Gasteiger partial charge in [-0.15, -0.1) is 4.40 Å². The van der Waals surface area contributed by atoms with Gasteiger partial charge < -0.3 is 4.90 Å². The van der Waals surface area contributed by atoms with Crippen molar-refractivity contribution < 1.29 is 8.42 Å². The fourth-order valence-corrected chi connectivity index (χ4v) is 2.61. The zero-order valence-corrected chi connectivity index (χ0v) is 8.88. The highest BCUT2D eigenvalue weighted by Crippen LogP contribution is 2.30. The second kappa shape index (κ2) is 2.96. The van der Waals surface area contributed by atoms with E-state index in [2.05, 4.69) is 4.40 Å². The van der Waals surface area contributed by atoms with Gasteiger partial charge in [0.1, 0.15) is 11.2 Å². The molecule has 2 rings (SSSR count). The summed E-state index contributed by atoms with van der Waals surface area (Å²) in [4.78, 5) is 1.78. The van der Waals surface area contributed by atoms with Crippen molar-refractivity contribution in [2.45, 2.75) is 4.90 Å². The third-order valence-electron chi connectivity index (χ3n) is 1.94. The Labute approximate surface area is 86.9 Å². The largest absolute Gasteiger partial charge is 0.334 e. The monoisotopic (exact) mass is 230 g/mol. The molecule has 1 aliphatic heterocycles. The van der Waals surface area contributed by atoms with E-state index >= 15 is 0 Å². The molecule has 6 heteroatoms. The van der Waals surface area contributed by atoms with Crippen LogP contribution in [0.5, 0.6) is 0 Å². The zero-order valence-electron chi connectivity index (χ0n) is 7.31. The van der Waals surface area contributed by atoms with E-state index in [9.17, 15) is 8.42 Å². The number of fused-ring (bicyclic) bond motifs is 1. The SMILES string of the molecule is CN1C=NS(=O)(=O)c2cc(Cl)ccc21. The summed E-state index contributed by atoms with van der Waals surface area (Å²) in [5, 5.41) is 0.387. The lowest BCUT2D eigenvalue weighted by Crippen LogP contribution is -2.22. The molecule has 0 radical (unpaired) electrons. The Hall–Kier alpha value is -1.07. The maximum absolute atomic E-state index is 11.5. The van der Waals surface area contributed by atoms with Gasteiger partial charge in [0, 0.05) is 12.1 Å². The van der Waals surface area contributed by atoms with E-state index in [1.807, 2.05) is 0 Å². The molecule has 0 spiro atoms. The fraction of sp³-hybridized carbons (Fsp3) is 0.125. The Morgan fingerprint density at radius 2 is 2.14 bits per heavy atom. The molecule has 0 amide bonds. The molecule has 0 aromatic heterocycles. The molecule has 0 saturated heterocycles. The first-order valence-corrected chi connectivity index (χ1v) is 5.65. The lowest BCUT2D eigenvalue weighted by atomic mass is 10.3. The molecule has 74 valence electrons. The van der Waals surface area contributed by atoms with Crippen LogP contribution in [0.15, 0.2) is 27.5 Å². The maximum atomic E-state index is 11.5. The van der Waals surface area contributed by atoms with E-state index in [1.54, 1.807) is 24.1 Å². The minimum Gasteiger partial charge on any atom is -0.334 e. The van der Waals surface area contributed by atoms with Crippen molar-refractivity contribution in [2.24, 2.45) is 4.40 Å². The molecule has 0 fully saturated rings. The van der Waals surface area contributed by atoms with E-state index in [0.717, 1.165) is 0 Å². The van der Waals surface area contributed by atoms with E-state index < -0.39 is 10.0 Å². The molecule has 0 unspecified atom stereocenters. The predicted molar refractivity (Wildman–Crippen MR) is 55.5 cm³/mol. The average Bonchev–Trinajstić information content (AvgIpc) is 2.12. The number of sulfonamides is 1. The molecule has 14 heavy (non-hydrogen) atoms. The number of hydrogen-bond acceptors (Lipinski definition) is 3. The van der Waals surface area contributed by atoms with Crippen molar-refractivity contribution >= 4 is 33.7 Å². The second-order valence-electron chi connectivity index (χ2n) is 2.92. The molecule has 1 aliphatic rings. The summed E-state index contributed by atoms with van der Waals surface area (Å²) in [7, 11) is -1.83. The van der Waals surface area contributed by atoms with Crippen molar-refractivity contribution in [2.75, 3.05) is 11.9 Å². The van der Waals surface area contributed by atoms with Crippen LogP contribution in [0.2, 0.25) is 5.02 Å². The van der Waals surface area contributed by atoms with Crippen LogP contribution in [0, 0.1) is 0 Å². The summed E-state index contributed by atoms with van der Waals surface area (Å²) in [6.45, 7) is 0.